The molecule has 13 nitrogen and oxygen atoms in total. The first-order valence-corrected chi connectivity index (χ1v) is 14.0. The quantitative estimate of drug-likeness (QED) is 0.0940. The lowest BCUT2D eigenvalue weighted by Crippen LogP contribution is -2.57. The average Bonchev–Trinajstić information content (AvgIpc) is 3.60. The van der Waals surface area contributed by atoms with Gasteiger partial charge in [0, 0.05) is 36.6 Å². The number of nitrogens with one attached hydrogen (secondary N) is 3. The minimum absolute atomic E-state index is 0.0398. The fraction of sp³-hybridized carbons (Fsp3) is 0.536. The topological polar surface area (TPSA) is 222 Å². The maximum absolute atomic E-state index is 13.4. The van der Waals surface area contributed by atoms with E-state index < -0.39 is 42.0 Å². The van der Waals surface area contributed by atoms with Crippen molar-refractivity contribution in [2.75, 3.05) is 13.1 Å². The molecular weight excluding hydrogens is 528 g/mol. The molecule has 5 atom stereocenters. The first kappa shape index (κ1) is 31.4. The number of amides is 3. The smallest absolute Gasteiger partial charge is 0.326 e. The van der Waals surface area contributed by atoms with Crippen molar-refractivity contribution < 1.29 is 24.3 Å². The molecule has 0 spiro atoms. The highest BCUT2D eigenvalue weighted by Crippen LogP contribution is 2.22. The number of fused-ring (bicyclic) bond motifs is 1. The Bertz CT molecular complexity index is 1260. The van der Waals surface area contributed by atoms with Gasteiger partial charge >= 0.3 is 5.97 Å². The van der Waals surface area contributed by atoms with Gasteiger partial charge in [0.15, 0.2) is 5.96 Å². The molecule has 10 N–H and O–H groups in total. The van der Waals surface area contributed by atoms with Crippen LogP contribution in [0.4, 0.5) is 0 Å². The number of hydrogen-bond donors (Lipinski definition) is 7. The van der Waals surface area contributed by atoms with E-state index in [1.165, 1.54) is 4.90 Å². The Hall–Kier alpha value is -4.13. The van der Waals surface area contributed by atoms with E-state index in [4.69, 9.17) is 17.2 Å². The van der Waals surface area contributed by atoms with Gasteiger partial charge in [-0.05, 0) is 43.2 Å². The molecule has 1 aromatic heterocycles. The van der Waals surface area contributed by atoms with E-state index in [0.29, 0.717) is 25.8 Å². The monoisotopic (exact) mass is 570 g/mol. The summed E-state index contributed by atoms with van der Waals surface area (Å²) >= 11 is 0. The summed E-state index contributed by atoms with van der Waals surface area (Å²) in [5.74, 6) is -2.79. The zero-order chi connectivity index (χ0) is 30.1. The first-order chi connectivity index (χ1) is 19.5. The van der Waals surface area contributed by atoms with Crippen LogP contribution in [0.25, 0.3) is 10.9 Å². The van der Waals surface area contributed by atoms with E-state index in [9.17, 15) is 24.3 Å². The standard InChI is InChI=1S/C28H42N8O5/c1-3-16(2)23(29)26(39)36-13-7-11-22(36)25(38)34-20(10-6-12-32-28(30)31)24(37)35-21(27(40)41)14-17-15-33-19-9-5-4-8-18(17)19/h4-5,8-9,15-16,20-23,33H,3,6-7,10-14,29H2,1-2H3,(H,34,38)(H,35,37)(H,40,41)(H4,30,31,32). The zero-order valence-electron chi connectivity index (χ0n) is 23.6. The lowest BCUT2D eigenvalue weighted by atomic mass is 9.98. The minimum Gasteiger partial charge on any atom is -0.480 e. The van der Waals surface area contributed by atoms with Gasteiger partial charge in [-0.1, -0.05) is 38.5 Å². The number of aliphatic imine (C=N–C) groups is 1. The van der Waals surface area contributed by atoms with Crippen LogP contribution in [-0.4, -0.2) is 81.9 Å². The Morgan fingerprint density at radius 1 is 1.17 bits per heavy atom. The van der Waals surface area contributed by atoms with E-state index in [1.54, 1.807) is 6.20 Å². The number of guanidine groups is 1. The normalized spacial score (nSPS) is 17.8. The minimum atomic E-state index is -1.24. The van der Waals surface area contributed by atoms with Crippen LogP contribution >= 0.6 is 0 Å². The molecule has 1 fully saturated rings. The predicted octanol–water partition coefficient (Wildman–Crippen LogP) is 0.183. The Kier molecular flexibility index (Phi) is 11.1. The van der Waals surface area contributed by atoms with Crippen LogP contribution in [0.5, 0.6) is 0 Å². The van der Waals surface area contributed by atoms with Gasteiger partial charge in [-0.25, -0.2) is 4.79 Å². The van der Waals surface area contributed by atoms with Crippen molar-refractivity contribution in [3.05, 3.63) is 36.0 Å². The molecule has 5 unspecified atom stereocenters. The number of benzene rings is 1. The molecule has 0 bridgehead atoms. The number of carboxylic acids is 1. The number of aromatic nitrogens is 1. The lowest BCUT2D eigenvalue weighted by molar-refractivity contribution is -0.143. The number of aromatic amines is 1. The van der Waals surface area contributed by atoms with Gasteiger partial charge < -0.3 is 42.8 Å². The maximum atomic E-state index is 13.4. The van der Waals surface area contributed by atoms with Crippen LogP contribution in [0.2, 0.25) is 0 Å². The Balaban J connectivity index is 1.74. The third-order valence-corrected chi connectivity index (χ3v) is 7.67. The number of hydrogen-bond acceptors (Lipinski definition) is 6. The van der Waals surface area contributed by atoms with Crippen LogP contribution in [0.15, 0.2) is 35.5 Å². The van der Waals surface area contributed by atoms with Gasteiger partial charge in [0.25, 0.3) is 0 Å². The van der Waals surface area contributed by atoms with E-state index in [2.05, 4.69) is 20.6 Å². The van der Waals surface area contributed by atoms with Crippen molar-refractivity contribution >= 4 is 40.6 Å². The third-order valence-electron chi connectivity index (χ3n) is 7.67. The van der Waals surface area contributed by atoms with Crippen LogP contribution < -0.4 is 27.8 Å². The van der Waals surface area contributed by atoms with Crippen molar-refractivity contribution in [2.24, 2.45) is 28.1 Å². The number of rotatable bonds is 14. The van der Waals surface area contributed by atoms with Crippen molar-refractivity contribution in [2.45, 2.75) is 76.5 Å². The van der Waals surface area contributed by atoms with Crippen molar-refractivity contribution in [3.8, 4) is 0 Å². The molecule has 1 aliphatic rings. The van der Waals surface area contributed by atoms with Crippen LogP contribution in [0.3, 0.4) is 0 Å². The number of nitrogens with two attached hydrogens (primary N) is 3. The molecule has 0 radical (unpaired) electrons. The lowest BCUT2D eigenvalue weighted by Gasteiger charge is -2.30. The molecule has 0 saturated carbocycles. The first-order valence-electron chi connectivity index (χ1n) is 14.0. The fourth-order valence-corrected chi connectivity index (χ4v) is 5.02. The summed E-state index contributed by atoms with van der Waals surface area (Å²) in [6, 6.07) is 3.66. The predicted molar refractivity (Wildman–Crippen MR) is 156 cm³/mol. The Morgan fingerprint density at radius 2 is 1.90 bits per heavy atom. The van der Waals surface area contributed by atoms with E-state index in [-0.39, 0.29) is 37.2 Å². The SMILES string of the molecule is CCC(C)C(N)C(=O)N1CCCC1C(=O)NC(CCCN=C(N)N)C(=O)NC(Cc1c[nH]c2ccccc12)C(=O)O. The number of carbonyl (C=O) groups excluding carboxylic acids is 3. The highest BCUT2D eigenvalue weighted by molar-refractivity contribution is 5.94. The van der Waals surface area contributed by atoms with E-state index in [0.717, 1.165) is 22.9 Å². The summed E-state index contributed by atoms with van der Waals surface area (Å²) in [6.07, 6.45) is 4.05. The zero-order valence-corrected chi connectivity index (χ0v) is 23.6. The molecule has 13 heteroatoms. The van der Waals surface area contributed by atoms with Crippen molar-refractivity contribution in [1.29, 1.82) is 0 Å². The number of H-pyrrole nitrogens is 1. The molecule has 2 heterocycles. The van der Waals surface area contributed by atoms with Crippen molar-refractivity contribution in [3.63, 3.8) is 0 Å². The highest BCUT2D eigenvalue weighted by Gasteiger charge is 2.38. The van der Waals surface area contributed by atoms with Crippen LogP contribution in [0.1, 0.15) is 51.5 Å². The van der Waals surface area contributed by atoms with Crippen molar-refractivity contribution in [1.82, 2.24) is 20.5 Å². The molecule has 3 rings (SSSR count). The summed E-state index contributed by atoms with van der Waals surface area (Å²) < 4.78 is 0. The molecule has 224 valence electrons. The molecule has 1 aliphatic heterocycles. The largest absolute Gasteiger partial charge is 0.480 e. The second kappa shape index (κ2) is 14.5. The summed E-state index contributed by atoms with van der Waals surface area (Å²) in [7, 11) is 0. The third kappa shape index (κ3) is 8.19. The summed E-state index contributed by atoms with van der Waals surface area (Å²) in [4.78, 5) is 60.5. The fourth-order valence-electron chi connectivity index (χ4n) is 5.02. The van der Waals surface area contributed by atoms with Gasteiger partial charge in [-0.15, -0.1) is 0 Å². The molecule has 2 aromatic rings. The number of carbonyl (C=O) groups is 4. The Labute approximate surface area is 239 Å². The van der Waals surface area contributed by atoms with Gasteiger partial charge in [0.1, 0.15) is 18.1 Å². The molecule has 3 amide bonds. The number of likely N-dealkylation sites (tertiary alicyclic amines) is 1. The molecule has 0 aliphatic carbocycles. The second-order valence-corrected chi connectivity index (χ2v) is 10.6. The molecule has 1 saturated heterocycles. The van der Waals surface area contributed by atoms with Gasteiger partial charge in [0.2, 0.25) is 17.7 Å². The summed E-state index contributed by atoms with van der Waals surface area (Å²) in [5.41, 5.74) is 18.5. The molecular formula is C28H42N8O5. The summed E-state index contributed by atoms with van der Waals surface area (Å²) in [5, 5.41) is 16.1. The number of aliphatic carboxylic acids is 1. The van der Waals surface area contributed by atoms with Gasteiger partial charge in [-0.3, -0.25) is 19.4 Å². The second-order valence-electron chi connectivity index (χ2n) is 10.6. The number of carboxylic acid groups (broad SMARTS) is 1. The van der Waals surface area contributed by atoms with Crippen LogP contribution in [0, 0.1) is 5.92 Å². The average molecular weight is 571 g/mol. The van der Waals surface area contributed by atoms with Gasteiger partial charge in [0.05, 0.1) is 6.04 Å². The van der Waals surface area contributed by atoms with Gasteiger partial charge in [-0.2, -0.15) is 0 Å². The Morgan fingerprint density at radius 3 is 2.59 bits per heavy atom. The summed E-state index contributed by atoms with van der Waals surface area (Å²) in [6.45, 7) is 4.45. The van der Waals surface area contributed by atoms with Crippen LogP contribution in [-0.2, 0) is 25.6 Å². The van der Waals surface area contributed by atoms with E-state index >= 15 is 0 Å². The maximum Gasteiger partial charge on any atom is 0.326 e. The molecule has 1 aromatic carbocycles. The molecule has 41 heavy (non-hydrogen) atoms. The highest BCUT2D eigenvalue weighted by atomic mass is 16.4. The number of nitrogens with zero attached hydrogens (tertiary/aromatic N) is 2. The number of para-hydroxylation sites is 1. The van der Waals surface area contributed by atoms with E-state index in [1.807, 2.05) is 38.1 Å².